The zero-order valence-corrected chi connectivity index (χ0v) is 16.9. The van der Waals surface area contributed by atoms with Crippen LogP contribution in [0.15, 0.2) is 42.5 Å². The molecule has 0 saturated heterocycles. The number of amides is 1. The van der Waals surface area contributed by atoms with Gasteiger partial charge in [0, 0.05) is 30.0 Å². The Morgan fingerprint density at radius 1 is 1.14 bits per heavy atom. The van der Waals surface area contributed by atoms with E-state index in [-0.39, 0.29) is 17.8 Å². The number of Topliss-reactive ketones (excluding diaryl/α,β-unsaturated/α-hetero) is 1. The van der Waals surface area contributed by atoms with Gasteiger partial charge in [0.15, 0.2) is 23.4 Å². The molecule has 1 N–H and O–H groups in total. The van der Waals surface area contributed by atoms with Crippen molar-refractivity contribution in [1.82, 2.24) is 5.32 Å². The summed E-state index contributed by atoms with van der Waals surface area (Å²) in [4.78, 5) is 23.2. The Morgan fingerprint density at radius 2 is 1.90 bits per heavy atom. The lowest BCUT2D eigenvalue weighted by atomic mass is 9.67. The summed E-state index contributed by atoms with van der Waals surface area (Å²) in [6, 6.07) is 13.3. The van der Waals surface area contributed by atoms with E-state index in [4.69, 9.17) is 9.47 Å². The highest BCUT2D eigenvalue weighted by molar-refractivity contribution is 5.94. The van der Waals surface area contributed by atoms with Gasteiger partial charge in [-0.1, -0.05) is 24.3 Å². The first-order valence-electron chi connectivity index (χ1n) is 10.4. The Kier molecular flexibility index (Phi) is 5.56. The highest BCUT2D eigenvalue weighted by atomic mass is 16.5. The maximum Gasteiger partial charge on any atom is 0.251 e. The summed E-state index contributed by atoms with van der Waals surface area (Å²) in [6.07, 6.45) is 3.76. The molecule has 1 amide bonds. The maximum atomic E-state index is 12.1. The predicted octanol–water partition coefficient (Wildman–Crippen LogP) is 3.90. The predicted molar refractivity (Wildman–Crippen MR) is 111 cm³/mol. The van der Waals surface area contributed by atoms with Gasteiger partial charge in [-0.3, -0.25) is 9.59 Å². The van der Waals surface area contributed by atoms with Crippen molar-refractivity contribution in [2.75, 3.05) is 13.7 Å². The summed E-state index contributed by atoms with van der Waals surface area (Å²) in [5.41, 5.74) is 3.34. The van der Waals surface area contributed by atoms with E-state index in [2.05, 4.69) is 11.4 Å². The smallest absolute Gasteiger partial charge is 0.251 e. The number of methoxy groups -OCH3 is 1. The second-order valence-corrected chi connectivity index (χ2v) is 7.76. The first-order chi connectivity index (χ1) is 14.1. The Bertz CT molecular complexity index is 909. The molecular weight excluding hydrogens is 366 g/mol. The first-order valence-corrected chi connectivity index (χ1v) is 10.4. The van der Waals surface area contributed by atoms with Gasteiger partial charge in [0.1, 0.15) is 0 Å². The molecule has 2 aromatic carbocycles. The van der Waals surface area contributed by atoms with Gasteiger partial charge in [0.2, 0.25) is 0 Å². The molecule has 5 nitrogen and oxygen atoms in total. The summed E-state index contributed by atoms with van der Waals surface area (Å²) < 4.78 is 11.3. The summed E-state index contributed by atoms with van der Waals surface area (Å²) in [5.74, 6) is 2.78. The molecule has 152 valence electrons. The lowest BCUT2D eigenvalue weighted by molar-refractivity contribution is -0.129. The molecule has 1 saturated carbocycles. The molecular formula is C24H27NO4. The summed E-state index contributed by atoms with van der Waals surface area (Å²) in [5, 5.41) is 2.72. The van der Waals surface area contributed by atoms with Crippen LogP contribution < -0.4 is 14.8 Å². The van der Waals surface area contributed by atoms with Crippen molar-refractivity contribution >= 4 is 11.7 Å². The molecule has 3 atom stereocenters. The Morgan fingerprint density at radius 3 is 2.62 bits per heavy atom. The van der Waals surface area contributed by atoms with Gasteiger partial charge >= 0.3 is 0 Å². The van der Waals surface area contributed by atoms with E-state index in [1.165, 1.54) is 17.5 Å². The quantitative estimate of drug-likeness (QED) is 0.859. The third kappa shape index (κ3) is 3.61. The van der Waals surface area contributed by atoms with E-state index >= 15 is 0 Å². The Balaban J connectivity index is 0.000000161. The fourth-order valence-electron chi connectivity index (χ4n) is 4.75. The molecule has 5 heteroatoms. The van der Waals surface area contributed by atoms with Crippen LogP contribution in [0.1, 0.15) is 53.6 Å². The van der Waals surface area contributed by atoms with E-state index < -0.39 is 0 Å². The SMILES string of the molecule is CCNC(=O)c1ccccc1.COc1ccc2c3c1OC1C(=O)CCC(CC2)C31. The number of hydrogen-bond donors (Lipinski definition) is 1. The number of hydrogen-bond acceptors (Lipinski definition) is 4. The van der Waals surface area contributed by atoms with Gasteiger partial charge < -0.3 is 14.8 Å². The number of benzene rings is 2. The van der Waals surface area contributed by atoms with Crippen LogP contribution >= 0.6 is 0 Å². The average Bonchev–Trinajstić information content (AvgIpc) is 3.17. The molecule has 1 fully saturated rings. The fourth-order valence-corrected chi connectivity index (χ4v) is 4.75. The van der Waals surface area contributed by atoms with Crippen molar-refractivity contribution in [2.45, 2.75) is 44.6 Å². The molecule has 0 radical (unpaired) electrons. The van der Waals surface area contributed by atoms with Crippen LogP contribution in [-0.4, -0.2) is 31.4 Å². The highest BCUT2D eigenvalue weighted by Crippen LogP contribution is 2.55. The minimum Gasteiger partial charge on any atom is -0.493 e. The van der Waals surface area contributed by atoms with E-state index in [1.807, 2.05) is 31.2 Å². The number of rotatable bonds is 3. The van der Waals surface area contributed by atoms with Crippen molar-refractivity contribution in [1.29, 1.82) is 0 Å². The third-order valence-electron chi connectivity index (χ3n) is 6.12. The van der Waals surface area contributed by atoms with Gasteiger partial charge in [-0.2, -0.15) is 0 Å². The molecule has 2 aliphatic carbocycles. The first kappa shape index (κ1) is 19.5. The van der Waals surface area contributed by atoms with Crippen LogP contribution in [0.4, 0.5) is 0 Å². The third-order valence-corrected chi connectivity index (χ3v) is 6.12. The molecule has 2 aromatic rings. The molecule has 1 aliphatic heterocycles. The van der Waals surface area contributed by atoms with Crippen molar-refractivity contribution < 1.29 is 19.1 Å². The Labute approximate surface area is 171 Å². The van der Waals surface area contributed by atoms with Crippen LogP contribution in [0.3, 0.4) is 0 Å². The monoisotopic (exact) mass is 393 g/mol. The van der Waals surface area contributed by atoms with E-state index in [0.29, 0.717) is 30.4 Å². The Hall–Kier alpha value is -2.82. The van der Waals surface area contributed by atoms with Gasteiger partial charge in [-0.15, -0.1) is 0 Å². The number of ether oxygens (including phenoxy) is 2. The fraction of sp³-hybridized carbons (Fsp3) is 0.417. The number of nitrogens with one attached hydrogen (secondary N) is 1. The summed E-state index contributed by atoms with van der Waals surface area (Å²) in [7, 11) is 1.66. The standard InChI is InChI=1S/C15H16O3.C9H11NO/c1-17-11-7-5-9-3-2-8-4-6-10(16)14-12(8)13(9)15(11)18-14;1-2-10-9(11)8-6-4-3-5-7-8/h5,7-8,12,14H,2-4,6H2,1H3;3-7H,2H2,1H3,(H,10,11). The molecule has 3 aliphatic rings. The molecule has 29 heavy (non-hydrogen) atoms. The number of ketones is 1. The summed E-state index contributed by atoms with van der Waals surface area (Å²) >= 11 is 0. The van der Waals surface area contributed by atoms with Gasteiger partial charge in [-0.25, -0.2) is 0 Å². The van der Waals surface area contributed by atoms with Gasteiger partial charge in [0.25, 0.3) is 5.91 Å². The molecule has 5 rings (SSSR count). The topological polar surface area (TPSA) is 64.6 Å². The normalized spacial score (nSPS) is 23.2. The van der Waals surface area contributed by atoms with Crippen LogP contribution in [-0.2, 0) is 11.2 Å². The van der Waals surface area contributed by atoms with Crippen molar-refractivity contribution in [3.8, 4) is 11.5 Å². The zero-order valence-electron chi connectivity index (χ0n) is 16.9. The lowest BCUT2D eigenvalue weighted by Gasteiger charge is -2.35. The highest BCUT2D eigenvalue weighted by Gasteiger charge is 2.50. The minimum atomic E-state index is -0.242. The van der Waals surface area contributed by atoms with Crippen molar-refractivity contribution in [3.63, 3.8) is 0 Å². The van der Waals surface area contributed by atoms with Crippen LogP contribution in [0, 0.1) is 5.92 Å². The second-order valence-electron chi connectivity index (χ2n) is 7.76. The maximum absolute atomic E-state index is 12.1. The van der Waals surface area contributed by atoms with E-state index in [0.717, 1.165) is 24.3 Å². The van der Waals surface area contributed by atoms with Crippen LogP contribution in [0.2, 0.25) is 0 Å². The van der Waals surface area contributed by atoms with Crippen LogP contribution in [0.25, 0.3) is 0 Å². The summed E-state index contributed by atoms with van der Waals surface area (Å²) in [6.45, 7) is 2.58. The van der Waals surface area contributed by atoms with Crippen molar-refractivity contribution in [2.24, 2.45) is 5.92 Å². The minimum absolute atomic E-state index is 0.00639. The van der Waals surface area contributed by atoms with E-state index in [1.54, 1.807) is 19.2 Å². The zero-order chi connectivity index (χ0) is 20.4. The average molecular weight is 393 g/mol. The van der Waals surface area contributed by atoms with Gasteiger partial charge in [0.05, 0.1) is 7.11 Å². The van der Waals surface area contributed by atoms with E-state index in [9.17, 15) is 9.59 Å². The molecule has 0 spiro atoms. The van der Waals surface area contributed by atoms with Gasteiger partial charge in [-0.05, 0) is 55.9 Å². The number of aryl methyl sites for hydroxylation is 1. The molecule has 0 aromatic heterocycles. The molecule has 0 bridgehead atoms. The number of carbonyl (C=O) groups is 2. The number of carbonyl (C=O) groups excluding carboxylic acids is 2. The molecule has 3 unspecified atom stereocenters. The lowest BCUT2D eigenvalue weighted by Crippen LogP contribution is -2.39. The van der Waals surface area contributed by atoms with Crippen LogP contribution in [0.5, 0.6) is 11.5 Å². The second kappa shape index (κ2) is 8.27. The van der Waals surface area contributed by atoms with Crippen molar-refractivity contribution in [3.05, 3.63) is 59.2 Å². The largest absolute Gasteiger partial charge is 0.493 e. The molecule has 1 heterocycles.